The highest BCUT2D eigenvalue weighted by molar-refractivity contribution is 7.92. The topological polar surface area (TPSA) is 59.5 Å². The van der Waals surface area contributed by atoms with Crippen molar-refractivity contribution in [1.29, 1.82) is 0 Å². The average Bonchev–Trinajstić information content (AvgIpc) is 2.77. The fraction of sp³-hybridized carbons (Fsp3) is 0.227. The number of hydrogen-bond donors (Lipinski definition) is 0. The Balaban J connectivity index is 1.69. The van der Waals surface area contributed by atoms with Gasteiger partial charge in [0.15, 0.2) is 6.61 Å². The second-order valence-electron chi connectivity index (χ2n) is 7.24. The number of benzene rings is 2. The summed E-state index contributed by atoms with van der Waals surface area (Å²) in [7, 11) is -3.90. The number of ether oxygens (including phenoxy) is 1. The van der Waals surface area contributed by atoms with Crippen molar-refractivity contribution in [3.8, 4) is 17.0 Å². The maximum absolute atomic E-state index is 13.2. The van der Waals surface area contributed by atoms with Crippen LogP contribution in [0.2, 0.25) is 0 Å². The second kappa shape index (κ2) is 8.42. The van der Waals surface area contributed by atoms with Crippen molar-refractivity contribution < 1.29 is 30.7 Å². The Bertz CT molecular complexity index is 1230. The SMILES string of the molecule is O=S(=O)(c1ccc(F)cc1)N1CCCc2cc(-c3cccnc3OCC(F)(F)F)ccc21. The van der Waals surface area contributed by atoms with Crippen molar-refractivity contribution >= 4 is 15.7 Å². The number of rotatable bonds is 5. The quantitative estimate of drug-likeness (QED) is 0.498. The first kappa shape index (κ1) is 22.1. The van der Waals surface area contributed by atoms with E-state index in [1.54, 1.807) is 30.3 Å². The number of fused-ring (bicyclic) bond motifs is 1. The summed E-state index contributed by atoms with van der Waals surface area (Å²) < 4.78 is 83.3. The zero-order valence-corrected chi connectivity index (χ0v) is 17.5. The summed E-state index contributed by atoms with van der Waals surface area (Å²) in [5, 5.41) is 0. The number of alkyl halides is 3. The van der Waals surface area contributed by atoms with Crippen LogP contribution in [-0.2, 0) is 16.4 Å². The van der Waals surface area contributed by atoms with Crippen molar-refractivity contribution in [3.05, 3.63) is 72.2 Å². The smallest absolute Gasteiger partial charge is 0.422 e. The van der Waals surface area contributed by atoms with Gasteiger partial charge in [0.2, 0.25) is 5.88 Å². The Kier molecular flexibility index (Phi) is 5.81. The maximum Gasteiger partial charge on any atom is 0.422 e. The van der Waals surface area contributed by atoms with E-state index in [0.717, 1.165) is 17.7 Å². The molecule has 2 heterocycles. The lowest BCUT2D eigenvalue weighted by Gasteiger charge is -2.31. The van der Waals surface area contributed by atoms with Gasteiger partial charge in [0.1, 0.15) is 5.82 Å². The zero-order chi connectivity index (χ0) is 22.9. The lowest BCUT2D eigenvalue weighted by molar-refractivity contribution is -0.154. The van der Waals surface area contributed by atoms with Crippen molar-refractivity contribution in [3.63, 3.8) is 0 Å². The Morgan fingerprint density at radius 3 is 2.53 bits per heavy atom. The highest BCUT2D eigenvalue weighted by atomic mass is 32.2. The number of aryl methyl sites for hydroxylation is 1. The van der Waals surface area contributed by atoms with Crippen LogP contribution >= 0.6 is 0 Å². The van der Waals surface area contributed by atoms with E-state index in [1.165, 1.54) is 22.6 Å². The van der Waals surface area contributed by atoms with E-state index >= 15 is 0 Å². The molecule has 0 N–H and O–H groups in total. The molecule has 0 bridgehead atoms. The number of anilines is 1. The molecule has 3 aromatic rings. The molecule has 1 aliphatic rings. The molecule has 32 heavy (non-hydrogen) atoms. The van der Waals surface area contributed by atoms with Crippen LogP contribution in [-0.4, -0.2) is 32.7 Å². The summed E-state index contributed by atoms with van der Waals surface area (Å²) in [6.07, 6.45) is -2.01. The number of halogens is 4. The van der Waals surface area contributed by atoms with Gasteiger partial charge in [0, 0.05) is 18.3 Å². The van der Waals surface area contributed by atoms with Gasteiger partial charge in [-0.05, 0) is 72.5 Å². The molecular weight excluding hydrogens is 448 g/mol. The first-order valence-corrected chi connectivity index (χ1v) is 11.2. The normalized spacial score (nSPS) is 14.2. The van der Waals surface area contributed by atoms with Crippen LogP contribution in [0.15, 0.2) is 65.7 Å². The zero-order valence-electron chi connectivity index (χ0n) is 16.6. The molecule has 0 saturated carbocycles. The van der Waals surface area contributed by atoms with Gasteiger partial charge < -0.3 is 4.74 Å². The highest BCUT2D eigenvalue weighted by Gasteiger charge is 2.31. The predicted molar refractivity (Wildman–Crippen MR) is 110 cm³/mol. The molecule has 10 heteroatoms. The third kappa shape index (κ3) is 4.55. The maximum atomic E-state index is 13.2. The van der Waals surface area contributed by atoms with Gasteiger partial charge in [-0.15, -0.1) is 0 Å². The Morgan fingerprint density at radius 2 is 1.81 bits per heavy atom. The van der Waals surface area contributed by atoms with Crippen molar-refractivity contribution in [1.82, 2.24) is 4.98 Å². The van der Waals surface area contributed by atoms with Gasteiger partial charge in [0.25, 0.3) is 10.0 Å². The minimum absolute atomic E-state index is 0.0223. The Morgan fingerprint density at radius 1 is 1.06 bits per heavy atom. The minimum atomic E-state index is -4.50. The molecular formula is C22H18F4N2O3S. The predicted octanol–water partition coefficient (Wildman–Crippen LogP) is 4.97. The van der Waals surface area contributed by atoms with E-state index in [0.29, 0.717) is 29.7 Å². The van der Waals surface area contributed by atoms with E-state index in [-0.39, 0.29) is 17.3 Å². The van der Waals surface area contributed by atoms with Crippen LogP contribution in [0.5, 0.6) is 5.88 Å². The van der Waals surface area contributed by atoms with Crippen LogP contribution in [0.1, 0.15) is 12.0 Å². The molecule has 1 aromatic heterocycles. The first-order valence-electron chi connectivity index (χ1n) is 9.71. The minimum Gasteiger partial charge on any atom is -0.468 e. The number of hydrogen-bond acceptors (Lipinski definition) is 4. The van der Waals surface area contributed by atoms with E-state index in [4.69, 9.17) is 4.74 Å². The number of aromatic nitrogens is 1. The van der Waals surface area contributed by atoms with Crippen molar-refractivity contribution in [2.24, 2.45) is 0 Å². The van der Waals surface area contributed by atoms with Crippen molar-refractivity contribution in [2.45, 2.75) is 23.9 Å². The number of nitrogens with zero attached hydrogens (tertiary/aromatic N) is 2. The van der Waals surface area contributed by atoms with Gasteiger partial charge in [-0.1, -0.05) is 6.07 Å². The third-order valence-electron chi connectivity index (χ3n) is 5.01. The molecule has 4 rings (SSSR count). The molecule has 0 radical (unpaired) electrons. The molecule has 168 valence electrons. The molecule has 0 unspecified atom stereocenters. The first-order chi connectivity index (χ1) is 15.1. The summed E-state index contributed by atoms with van der Waals surface area (Å²) in [5.74, 6) is -0.691. The van der Waals surface area contributed by atoms with Crippen LogP contribution in [0.25, 0.3) is 11.1 Å². The largest absolute Gasteiger partial charge is 0.468 e. The number of pyridine rings is 1. The summed E-state index contributed by atoms with van der Waals surface area (Å²) in [4.78, 5) is 3.89. The van der Waals surface area contributed by atoms with Gasteiger partial charge in [0.05, 0.1) is 10.6 Å². The number of sulfonamides is 1. The van der Waals surface area contributed by atoms with Crippen LogP contribution in [0, 0.1) is 5.82 Å². The van der Waals surface area contributed by atoms with Crippen molar-refractivity contribution in [2.75, 3.05) is 17.5 Å². The van der Waals surface area contributed by atoms with E-state index in [1.807, 2.05) is 0 Å². The molecule has 0 saturated heterocycles. The Hall–Kier alpha value is -3.14. The molecule has 1 aliphatic heterocycles. The van der Waals surface area contributed by atoms with E-state index < -0.39 is 28.6 Å². The molecule has 5 nitrogen and oxygen atoms in total. The summed E-state index contributed by atoms with van der Waals surface area (Å²) >= 11 is 0. The van der Waals surface area contributed by atoms with Crippen LogP contribution in [0.4, 0.5) is 23.2 Å². The molecule has 0 atom stereocenters. The van der Waals surface area contributed by atoms with Crippen LogP contribution in [0.3, 0.4) is 0 Å². The monoisotopic (exact) mass is 466 g/mol. The molecule has 0 fully saturated rings. The van der Waals surface area contributed by atoms with Gasteiger partial charge >= 0.3 is 6.18 Å². The molecule has 0 amide bonds. The molecule has 2 aromatic carbocycles. The van der Waals surface area contributed by atoms with Crippen LogP contribution < -0.4 is 9.04 Å². The lowest BCUT2D eigenvalue weighted by atomic mass is 9.98. The standard InChI is InChI=1S/C22H18F4N2O3S/c23-17-6-8-18(9-7-17)32(29,30)28-12-2-3-16-13-15(5-10-20(16)28)19-4-1-11-27-21(19)31-14-22(24,25)26/h1,4-11,13H,2-3,12,14H2. The summed E-state index contributed by atoms with van der Waals surface area (Å²) in [6, 6.07) is 12.8. The summed E-state index contributed by atoms with van der Waals surface area (Å²) in [5.41, 5.74) is 2.14. The second-order valence-corrected chi connectivity index (χ2v) is 9.10. The Labute approximate surface area is 182 Å². The fourth-order valence-electron chi connectivity index (χ4n) is 3.59. The van der Waals surface area contributed by atoms with Gasteiger partial charge in [-0.25, -0.2) is 17.8 Å². The molecule has 0 spiro atoms. The molecule has 0 aliphatic carbocycles. The van der Waals surface area contributed by atoms with E-state index in [9.17, 15) is 26.0 Å². The van der Waals surface area contributed by atoms with Gasteiger partial charge in [-0.3, -0.25) is 4.31 Å². The summed E-state index contributed by atoms with van der Waals surface area (Å²) in [6.45, 7) is -1.20. The average molecular weight is 466 g/mol. The van der Waals surface area contributed by atoms with Gasteiger partial charge in [-0.2, -0.15) is 13.2 Å². The van der Waals surface area contributed by atoms with E-state index in [2.05, 4.69) is 4.98 Å². The fourth-order valence-corrected chi connectivity index (χ4v) is 5.13. The third-order valence-corrected chi connectivity index (χ3v) is 6.84. The highest BCUT2D eigenvalue weighted by Crippen LogP contribution is 2.37. The lowest BCUT2D eigenvalue weighted by Crippen LogP contribution is -2.35.